The second kappa shape index (κ2) is 4.99. The number of carbonyl (C=O) groups excluding carboxylic acids is 1. The maximum Gasteiger partial charge on any atom is 0.170 e. The average molecular weight is 277 g/mol. The molecule has 2 heterocycles. The van der Waals surface area contributed by atoms with E-state index in [9.17, 15) is 4.79 Å². The lowest BCUT2D eigenvalue weighted by atomic mass is 10.1. The highest BCUT2D eigenvalue weighted by Crippen LogP contribution is 2.09. The molecule has 2 aromatic heterocycles. The quantitative estimate of drug-likeness (QED) is 0.810. The highest BCUT2D eigenvalue weighted by atomic mass is 79.9. The fourth-order valence-corrected chi connectivity index (χ4v) is 1.54. The number of nitrogens with zero attached hydrogens (tertiary/aromatic N) is 2. The third kappa shape index (κ3) is 2.73. The van der Waals surface area contributed by atoms with Gasteiger partial charge in [0.2, 0.25) is 0 Å². The Labute approximate surface area is 102 Å². The second-order valence-electron chi connectivity index (χ2n) is 3.31. The van der Waals surface area contributed by atoms with Gasteiger partial charge in [-0.2, -0.15) is 0 Å². The monoisotopic (exact) mass is 276 g/mol. The fraction of sp³-hybridized carbons (Fsp3) is 0.0833. The summed E-state index contributed by atoms with van der Waals surface area (Å²) in [5.41, 5.74) is 1.38. The number of pyridine rings is 2. The Kier molecular flexibility index (Phi) is 3.41. The molecule has 0 bridgehead atoms. The summed E-state index contributed by atoms with van der Waals surface area (Å²) < 4.78 is 0.907. The molecule has 0 aliphatic carbocycles. The van der Waals surface area contributed by atoms with E-state index in [0.717, 1.165) is 10.2 Å². The minimum absolute atomic E-state index is 0.0305. The molecule has 0 radical (unpaired) electrons. The van der Waals surface area contributed by atoms with Gasteiger partial charge in [-0.3, -0.25) is 14.8 Å². The Balaban J connectivity index is 2.11. The SMILES string of the molecule is O=C(Cc1ccc(Br)cn1)c1cccnc1. The van der Waals surface area contributed by atoms with Gasteiger partial charge in [-0.05, 0) is 40.2 Å². The molecule has 0 N–H and O–H groups in total. The number of ketones is 1. The van der Waals surface area contributed by atoms with Crippen LogP contribution in [0, 0.1) is 0 Å². The standard InChI is InChI=1S/C12H9BrN2O/c13-10-3-4-11(15-8-10)6-12(16)9-2-1-5-14-7-9/h1-5,7-8H,6H2. The van der Waals surface area contributed by atoms with Gasteiger partial charge >= 0.3 is 0 Å². The zero-order valence-electron chi connectivity index (χ0n) is 8.43. The summed E-state index contributed by atoms with van der Waals surface area (Å²) in [5.74, 6) is 0.0305. The molecule has 0 aliphatic heterocycles. The molecule has 80 valence electrons. The number of Topliss-reactive ketones (excluding diaryl/α,β-unsaturated/α-hetero) is 1. The first-order valence-electron chi connectivity index (χ1n) is 4.79. The van der Waals surface area contributed by atoms with Crippen LogP contribution in [-0.2, 0) is 6.42 Å². The Bertz CT molecular complexity index is 482. The topological polar surface area (TPSA) is 42.9 Å². The largest absolute Gasteiger partial charge is 0.294 e. The van der Waals surface area contributed by atoms with Crippen LogP contribution in [0.4, 0.5) is 0 Å². The zero-order valence-corrected chi connectivity index (χ0v) is 10.0. The molecule has 16 heavy (non-hydrogen) atoms. The van der Waals surface area contributed by atoms with E-state index in [2.05, 4.69) is 25.9 Å². The van der Waals surface area contributed by atoms with Gasteiger partial charge in [0.1, 0.15) is 0 Å². The highest BCUT2D eigenvalue weighted by Gasteiger charge is 2.07. The lowest BCUT2D eigenvalue weighted by molar-refractivity contribution is 0.0991. The predicted octanol–water partition coefficient (Wildman–Crippen LogP) is 2.66. The Morgan fingerprint density at radius 2 is 2.12 bits per heavy atom. The van der Waals surface area contributed by atoms with E-state index in [4.69, 9.17) is 0 Å². The second-order valence-corrected chi connectivity index (χ2v) is 4.23. The van der Waals surface area contributed by atoms with Crippen LogP contribution in [0.2, 0.25) is 0 Å². The first-order chi connectivity index (χ1) is 7.75. The molecule has 4 heteroatoms. The lowest BCUT2D eigenvalue weighted by Crippen LogP contribution is -2.05. The number of hydrogen-bond acceptors (Lipinski definition) is 3. The average Bonchev–Trinajstić information content (AvgIpc) is 2.33. The summed E-state index contributed by atoms with van der Waals surface area (Å²) in [7, 11) is 0. The predicted molar refractivity (Wildman–Crippen MR) is 64.2 cm³/mol. The van der Waals surface area contributed by atoms with Gasteiger partial charge in [-0.1, -0.05) is 0 Å². The summed E-state index contributed by atoms with van der Waals surface area (Å²) in [4.78, 5) is 19.9. The van der Waals surface area contributed by atoms with E-state index in [1.54, 1.807) is 30.7 Å². The summed E-state index contributed by atoms with van der Waals surface area (Å²) in [6.45, 7) is 0. The van der Waals surface area contributed by atoms with Crippen LogP contribution < -0.4 is 0 Å². The van der Waals surface area contributed by atoms with E-state index in [0.29, 0.717) is 12.0 Å². The molecule has 0 saturated heterocycles. The zero-order chi connectivity index (χ0) is 11.4. The van der Waals surface area contributed by atoms with Gasteiger partial charge in [0, 0.05) is 34.3 Å². The van der Waals surface area contributed by atoms with Crippen LogP contribution in [0.3, 0.4) is 0 Å². The smallest absolute Gasteiger partial charge is 0.170 e. The number of halogens is 1. The minimum Gasteiger partial charge on any atom is -0.294 e. The van der Waals surface area contributed by atoms with Crippen molar-refractivity contribution in [2.75, 3.05) is 0 Å². The van der Waals surface area contributed by atoms with Crippen molar-refractivity contribution < 1.29 is 4.79 Å². The van der Waals surface area contributed by atoms with E-state index < -0.39 is 0 Å². The highest BCUT2D eigenvalue weighted by molar-refractivity contribution is 9.10. The molecule has 0 atom stereocenters. The van der Waals surface area contributed by atoms with Crippen molar-refractivity contribution in [3.63, 3.8) is 0 Å². The van der Waals surface area contributed by atoms with E-state index >= 15 is 0 Å². The normalized spacial score (nSPS) is 10.1. The molecule has 0 spiro atoms. The van der Waals surface area contributed by atoms with E-state index in [1.165, 1.54) is 0 Å². The molecule has 0 unspecified atom stereocenters. The molecule has 2 aromatic rings. The Morgan fingerprint density at radius 1 is 1.25 bits per heavy atom. The van der Waals surface area contributed by atoms with Crippen LogP contribution in [-0.4, -0.2) is 15.8 Å². The Morgan fingerprint density at radius 3 is 2.75 bits per heavy atom. The van der Waals surface area contributed by atoms with Gasteiger partial charge in [-0.15, -0.1) is 0 Å². The molecule has 0 aliphatic rings. The van der Waals surface area contributed by atoms with Crippen LogP contribution in [0.5, 0.6) is 0 Å². The number of carbonyl (C=O) groups is 1. The van der Waals surface area contributed by atoms with Gasteiger partial charge in [-0.25, -0.2) is 0 Å². The van der Waals surface area contributed by atoms with E-state index in [-0.39, 0.29) is 5.78 Å². The third-order valence-corrected chi connectivity index (χ3v) is 2.58. The van der Waals surface area contributed by atoms with Crippen molar-refractivity contribution >= 4 is 21.7 Å². The van der Waals surface area contributed by atoms with Gasteiger partial charge < -0.3 is 0 Å². The van der Waals surface area contributed by atoms with Gasteiger partial charge in [0.05, 0.1) is 6.42 Å². The van der Waals surface area contributed by atoms with Crippen LogP contribution >= 0.6 is 15.9 Å². The van der Waals surface area contributed by atoms with E-state index in [1.807, 2.05) is 12.1 Å². The Hall–Kier alpha value is -1.55. The molecule has 0 saturated carbocycles. The van der Waals surface area contributed by atoms with Crippen LogP contribution in [0.1, 0.15) is 16.1 Å². The number of hydrogen-bond donors (Lipinski definition) is 0. The first-order valence-corrected chi connectivity index (χ1v) is 5.58. The molecular weight excluding hydrogens is 268 g/mol. The molecule has 0 amide bonds. The molecular formula is C12H9BrN2O. The van der Waals surface area contributed by atoms with Crippen molar-refractivity contribution in [3.8, 4) is 0 Å². The van der Waals surface area contributed by atoms with Crippen molar-refractivity contribution in [1.82, 2.24) is 9.97 Å². The third-order valence-electron chi connectivity index (χ3n) is 2.11. The summed E-state index contributed by atoms with van der Waals surface area (Å²) >= 11 is 3.30. The number of rotatable bonds is 3. The minimum atomic E-state index is 0.0305. The van der Waals surface area contributed by atoms with Crippen molar-refractivity contribution in [3.05, 3.63) is 58.6 Å². The maximum atomic E-state index is 11.8. The molecule has 0 aromatic carbocycles. The summed E-state index contributed by atoms with van der Waals surface area (Å²) in [6, 6.07) is 7.22. The number of aromatic nitrogens is 2. The summed E-state index contributed by atoms with van der Waals surface area (Å²) in [5, 5.41) is 0. The fourth-order valence-electron chi connectivity index (χ4n) is 1.31. The molecule has 3 nitrogen and oxygen atoms in total. The van der Waals surface area contributed by atoms with Crippen LogP contribution in [0.25, 0.3) is 0 Å². The van der Waals surface area contributed by atoms with Crippen LogP contribution in [0.15, 0.2) is 47.3 Å². The van der Waals surface area contributed by atoms with Gasteiger partial charge in [0.15, 0.2) is 5.78 Å². The van der Waals surface area contributed by atoms with Gasteiger partial charge in [0.25, 0.3) is 0 Å². The van der Waals surface area contributed by atoms with Crippen molar-refractivity contribution in [2.45, 2.75) is 6.42 Å². The maximum absolute atomic E-state index is 11.8. The first kappa shape index (κ1) is 11.0. The lowest BCUT2D eigenvalue weighted by Gasteiger charge is -2.00. The van der Waals surface area contributed by atoms with Crippen molar-refractivity contribution in [2.24, 2.45) is 0 Å². The summed E-state index contributed by atoms with van der Waals surface area (Å²) in [6.07, 6.45) is 5.21. The van der Waals surface area contributed by atoms with Crippen molar-refractivity contribution in [1.29, 1.82) is 0 Å². The molecule has 0 fully saturated rings. The molecule has 2 rings (SSSR count).